The van der Waals surface area contributed by atoms with Crippen LogP contribution in [0, 0.1) is 0 Å². The summed E-state index contributed by atoms with van der Waals surface area (Å²) in [6.45, 7) is 7.38. The molecule has 0 spiro atoms. The zero-order valence-corrected chi connectivity index (χ0v) is 10.7. The van der Waals surface area contributed by atoms with E-state index < -0.39 is 0 Å². The second kappa shape index (κ2) is 5.16. The van der Waals surface area contributed by atoms with Gasteiger partial charge in [-0.3, -0.25) is 4.90 Å². The Labute approximate surface area is 102 Å². The summed E-state index contributed by atoms with van der Waals surface area (Å²) in [4.78, 5) is 2.32. The Bertz CT molecular complexity index is 338. The zero-order chi connectivity index (χ0) is 12.3. The van der Waals surface area contributed by atoms with E-state index in [9.17, 15) is 0 Å². The Morgan fingerprint density at radius 3 is 3.06 bits per heavy atom. The number of rotatable bonds is 4. The summed E-state index contributed by atoms with van der Waals surface area (Å²) in [6, 6.07) is 1.90. The molecular weight excluding hydrogens is 220 g/mol. The van der Waals surface area contributed by atoms with E-state index in [0.29, 0.717) is 6.61 Å². The predicted octanol–water partition coefficient (Wildman–Crippen LogP) is 1.30. The molecule has 0 saturated carbocycles. The van der Waals surface area contributed by atoms with Gasteiger partial charge in [0.25, 0.3) is 0 Å². The normalized spacial score (nSPS) is 25.0. The van der Waals surface area contributed by atoms with Crippen LogP contribution in [0.15, 0.2) is 16.9 Å². The van der Waals surface area contributed by atoms with Gasteiger partial charge in [-0.15, -0.1) is 0 Å². The molecule has 1 atom stereocenters. The van der Waals surface area contributed by atoms with Gasteiger partial charge in [0.2, 0.25) is 0 Å². The molecule has 5 nitrogen and oxygen atoms in total. The quantitative estimate of drug-likeness (QED) is 0.794. The van der Waals surface area contributed by atoms with Gasteiger partial charge in [0.15, 0.2) is 0 Å². The maximum absolute atomic E-state index is 5.95. The molecule has 0 bridgehead atoms. The lowest BCUT2D eigenvalue weighted by atomic mass is 10.1. The van der Waals surface area contributed by atoms with Crippen LogP contribution in [0.5, 0.6) is 0 Å². The minimum Gasteiger partial charge on any atom is -0.382 e. The number of nitrogens with zero attached hydrogens (tertiary/aromatic N) is 2. The van der Waals surface area contributed by atoms with E-state index in [1.807, 2.05) is 6.07 Å². The van der Waals surface area contributed by atoms with Crippen molar-refractivity contribution in [1.29, 1.82) is 0 Å². The molecule has 0 aromatic carbocycles. The van der Waals surface area contributed by atoms with Crippen molar-refractivity contribution in [3.05, 3.63) is 18.0 Å². The summed E-state index contributed by atoms with van der Waals surface area (Å²) in [7, 11) is 1.70. The summed E-state index contributed by atoms with van der Waals surface area (Å²) in [5, 5.41) is 3.94. The third kappa shape index (κ3) is 3.52. The Kier molecular flexibility index (Phi) is 3.81. The van der Waals surface area contributed by atoms with Crippen LogP contribution in [0.1, 0.15) is 19.5 Å². The lowest BCUT2D eigenvalue weighted by molar-refractivity contribution is -0.154. The Morgan fingerprint density at radius 2 is 2.41 bits per heavy atom. The molecule has 0 unspecified atom stereocenters. The highest BCUT2D eigenvalue weighted by Crippen LogP contribution is 2.22. The lowest BCUT2D eigenvalue weighted by Gasteiger charge is -2.42. The fraction of sp³-hybridized carbons (Fsp3) is 0.750. The van der Waals surface area contributed by atoms with Crippen LogP contribution < -0.4 is 0 Å². The molecule has 17 heavy (non-hydrogen) atoms. The first-order valence-corrected chi connectivity index (χ1v) is 5.87. The van der Waals surface area contributed by atoms with Crippen molar-refractivity contribution in [2.75, 3.05) is 26.8 Å². The largest absolute Gasteiger partial charge is 0.382 e. The molecule has 0 N–H and O–H groups in total. The molecule has 1 aliphatic rings. The summed E-state index contributed by atoms with van der Waals surface area (Å²) < 4.78 is 16.0. The molecule has 5 heteroatoms. The maximum Gasteiger partial charge on any atom is 0.124 e. The van der Waals surface area contributed by atoms with Gasteiger partial charge < -0.3 is 14.0 Å². The van der Waals surface area contributed by atoms with Crippen molar-refractivity contribution in [3.8, 4) is 0 Å². The second-order valence-corrected chi connectivity index (χ2v) is 5.12. The van der Waals surface area contributed by atoms with Crippen LogP contribution >= 0.6 is 0 Å². The van der Waals surface area contributed by atoms with Crippen LogP contribution in [0.25, 0.3) is 0 Å². The number of ether oxygens (including phenoxy) is 2. The van der Waals surface area contributed by atoms with Crippen LogP contribution in [0.4, 0.5) is 0 Å². The molecule has 2 heterocycles. The van der Waals surface area contributed by atoms with E-state index in [1.54, 1.807) is 13.4 Å². The fourth-order valence-electron chi connectivity index (χ4n) is 2.36. The first kappa shape index (κ1) is 12.5. The summed E-state index contributed by atoms with van der Waals surface area (Å²) in [6.07, 6.45) is 1.73. The van der Waals surface area contributed by atoms with Gasteiger partial charge in [-0.05, 0) is 13.8 Å². The van der Waals surface area contributed by atoms with Crippen molar-refractivity contribution in [2.45, 2.75) is 32.1 Å². The van der Waals surface area contributed by atoms with Gasteiger partial charge >= 0.3 is 0 Å². The molecule has 1 aromatic heterocycles. The van der Waals surface area contributed by atoms with E-state index in [-0.39, 0.29) is 11.7 Å². The van der Waals surface area contributed by atoms with E-state index in [1.165, 1.54) is 0 Å². The Balaban J connectivity index is 1.97. The second-order valence-electron chi connectivity index (χ2n) is 5.12. The topological polar surface area (TPSA) is 47.7 Å². The molecule has 0 amide bonds. The molecule has 2 rings (SSSR count). The van der Waals surface area contributed by atoms with E-state index in [4.69, 9.17) is 14.0 Å². The molecule has 0 radical (unpaired) electrons. The minimum atomic E-state index is -0.148. The molecule has 96 valence electrons. The highest BCUT2D eigenvalue weighted by Gasteiger charge is 2.33. The smallest absolute Gasteiger partial charge is 0.124 e. The highest BCUT2D eigenvalue weighted by atomic mass is 16.5. The summed E-state index contributed by atoms with van der Waals surface area (Å²) >= 11 is 0. The van der Waals surface area contributed by atoms with Crippen molar-refractivity contribution in [3.63, 3.8) is 0 Å². The summed E-state index contributed by atoms with van der Waals surface area (Å²) in [5.74, 6) is 0. The van der Waals surface area contributed by atoms with Gasteiger partial charge in [-0.1, -0.05) is 5.16 Å². The van der Waals surface area contributed by atoms with Crippen molar-refractivity contribution < 1.29 is 14.0 Å². The fourth-order valence-corrected chi connectivity index (χ4v) is 2.36. The molecule has 0 aliphatic carbocycles. The van der Waals surface area contributed by atoms with Crippen molar-refractivity contribution in [1.82, 2.24) is 10.1 Å². The van der Waals surface area contributed by atoms with Gasteiger partial charge in [0.1, 0.15) is 6.26 Å². The number of hydrogen-bond acceptors (Lipinski definition) is 5. The maximum atomic E-state index is 5.95. The van der Waals surface area contributed by atoms with Gasteiger partial charge in [0, 0.05) is 32.8 Å². The molecular formula is C12H20N2O3. The molecule has 1 fully saturated rings. The van der Waals surface area contributed by atoms with Gasteiger partial charge in [-0.25, -0.2) is 0 Å². The summed E-state index contributed by atoms with van der Waals surface area (Å²) in [5.41, 5.74) is 0.810. The highest BCUT2D eigenvalue weighted by molar-refractivity contribution is 4.96. The van der Waals surface area contributed by atoms with Crippen molar-refractivity contribution in [2.24, 2.45) is 0 Å². The standard InChI is InChI=1S/C12H20N2O3/c1-12(2)9-14(6-10-4-5-16-13-10)7-11(17-12)8-15-3/h4-5,11H,6-9H2,1-3H3/t11-/m0/s1. The number of hydrogen-bond donors (Lipinski definition) is 0. The third-order valence-corrected chi connectivity index (χ3v) is 2.78. The van der Waals surface area contributed by atoms with E-state index in [2.05, 4.69) is 23.9 Å². The first-order valence-electron chi connectivity index (χ1n) is 5.87. The minimum absolute atomic E-state index is 0.121. The predicted molar refractivity (Wildman–Crippen MR) is 62.6 cm³/mol. The molecule has 1 aliphatic heterocycles. The van der Waals surface area contributed by atoms with Crippen LogP contribution in [0.3, 0.4) is 0 Å². The average Bonchev–Trinajstić information content (AvgIpc) is 2.68. The number of aromatic nitrogens is 1. The Hall–Kier alpha value is -0.910. The van der Waals surface area contributed by atoms with Crippen LogP contribution in [-0.2, 0) is 16.0 Å². The van der Waals surface area contributed by atoms with E-state index >= 15 is 0 Å². The lowest BCUT2D eigenvalue weighted by Crippen LogP contribution is -2.53. The molecule has 1 aromatic rings. The number of methoxy groups -OCH3 is 1. The van der Waals surface area contributed by atoms with Gasteiger partial charge in [0.05, 0.1) is 24.0 Å². The van der Waals surface area contributed by atoms with Crippen molar-refractivity contribution >= 4 is 0 Å². The SMILES string of the molecule is COC[C@@H]1CN(Cc2ccon2)CC(C)(C)O1. The average molecular weight is 240 g/mol. The zero-order valence-electron chi connectivity index (χ0n) is 10.7. The number of morpholine rings is 1. The monoisotopic (exact) mass is 240 g/mol. The Morgan fingerprint density at radius 1 is 1.59 bits per heavy atom. The van der Waals surface area contributed by atoms with Crippen LogP contribution in [-0.4, -0.2) is 48.6 Å². The van der Waals surface area contributed by atoms with Crippen LogP contribution in [0.2, 0.25) is 0 Å². The third-order valence-electron chi connectivity index (χ3n) is 2.78. The molecule has 1 saturated heterocycles. The first-order chi connectivity index (χ1) is 8.09. The van der Waals surface area contributed by atoms with E-state index in [0.717, 1.165) is 25.3 Å². The van der Waals surface area contributed by atoms with Gasteiger partial charge in [-0.2, -0.15) is 0 Å².